The highest BCUT2D eigenvalue weighted by Gasteiger charge is 2.50. The van der Waals surface area contributed by atoms with Gasteiger partial charge in [-0.1, -0.05) is 12.1 Å². The Hall–Kier alpha value is -2.00. The zero-order valence-corrected chi connectivity index (χ0v) is 14.3. The highest BCUT2D eigenvalue weighted by atomic mass is 32.2. The third-order valence-corrected chi connectivity index (χ3v) is 7.09. The van der Waals surface area contributed by atoms with Crippen LogP contribution < -0.4 is 0 Å². The average Bonchev–Trinajstić information content (AvgIpc) is 3.09. The summed E-state index contributed by atoms with van der Waals surface area (Å²) in [6, 6.07) is 3.95. The molecule has 0 radical (unpaired) electrons. The third-order valence-electron chi connectivity index (χ3n) is 5.19. The van der Waals surface area contributed by atoms with Crippen LogP contribution in [-0.2, 0) is 19.6 Å². The molecule has 0 saturated carbocycles. The SMILES string of the molecule is O=C1[C@@H]2CCCN2C(=O)[C@H]2CN(S(=O)(=O)c3ccccc3F)CCN12. The van der Waals surface area contributed by atoms with E-state index in [0.29, 0.717) is 13.0 Å². The van der Waals surface area contributed by atoms with Crippen LogP contribution in [-0.4, -0.2) is 72.6 Å². The van der Waals surface area contributed by atoms with Gasteiger partial charge in [0.2, 0.25) is 21.8 Å². The molecular weight excluding hydrogens is 349 g/mol. The van der Waals surface area contributed by atoms with E-state index in [9.17, 15) is 22.4 Å². The summed E-state index contributed by atoms with van der Waals surface area (Å²) < 4.78 is 40.6. The fourth-order valence-corrected chi connectivity index (χ4v) is 5.42. The van der Waals surface area contributed by atoms with E-state index in [1.165, 1.54) is 23.1 Å². The van der Waals surface area contributed by atoms with Gasteiger partial charge in [0.15, 0.2) is 0 Å². The first-order valence-corrected chi connectivity index (χ1v) is 9.71. The molecule has 2 amide bonds. The number of rotatable bonds is 2. The monoisotopic (exact) mass is 367 g/mol. The summed E-state index contributed by atoms with van der Waals surface area (Å²) in [7, 11) is -4.06. The van der Waals surface area contributed by atoms with Gasteiger partial charge in [-0.3, -0.25) is 9.59 Å². The molecule has 3 heterocycles. The van der Waals surface area contributed by atoms with E-state index in [1.54, 1.807) is 4.90 Å². The van der Waals surface area contributed by atoms with Gasteiger partial charge < -0.3 is 9.80 Å². The third kappa shape index (κ3) is 2.44. The molecular formula is C16H18FN3O4S. The fourth-order valence-electron chi connectivity index (χ4n) is 3.91. The molecule has 9 heteroatoms. The van der Waals surface area contributed by atoms with Crippen molar-refractivity contribution >= 4 is 21.8 Å². The minimum absolute atomic E-state index is 0.0545. The normalized spacial score (nSPS) is 27.4. The molecule has 3 saturated heterocycles. The summed E-state index contributed by atoms with van der Waals surface area (Å²) in [5.74, 6) is -1.14. The van der Waals surface area contributed by atoms with Gasteiger partial charge in [-0.2, -0.15) is 4.31 Å². The lowest BCUT2D eigenvalue weighted by Gasteiger charge is -2.47. The van der Waals surface area contributed by atoms with Crippen LogP contribution in [0.3, 0.4) is 0 Å². The van der Waals surface area contributed by atoms with E-state index in [1.807, 2.05) is 0 Å². The van der Waals surface area contributed by atoms with Crippen LogP contribution in [0.1, 0.15) is 12.8 Å². The summed E-state index contributed by atoms with van der Waals surface area (Å²) in [4.78, 5) is 27.9. The number of hydrogen-bond donors (Lipinski definition) is 0. The van der Waals surface area contributed by atoms with Crippen LogP contribution in [0.2, 0.25) is 0 Å². The number of sulfonamides is 1. The Morgan fingerprint density at radius 3 is 2.40 bits per heavy atom. The Bertz CT molecular complexity index is 844. The summed E-state index contributed by atoms with van der Waals surface area (Å²) >= 11 is 0. The lowest BCUT2D eigenvalue weighted by Crippen LogP contribution is -2.69. The number of carbonyl (C=O) groups excluding carboxylic acids is 2. The van der Waals surface area contributed by atoms with Gasteiger partial charge in [0.05, 0.1) is 0 Å². The molecule has 1 aromatic carbocycles. The van der Waals surface area contributed by atoms with Gasteiger partial charge in [0.1, 0.15) is 22.8 Å². The minimum Gasteiger partial charge on any atom is -0.329 e. The van der Waals surface area contributed by atoms with E-state index < -0.39 is 32.8 Å². The van der Waals surface area contributed by atoms with Crippen LogP contribution in [0, 0.1) is 5.82 Å². The first-order valence-electron chi connectivity index (χ1n) is 8.27. The first kappa shape index (κ1) is 16.5. The molecule has 25 heavy (non-hydrogen) atoms. The quantitative estimate of drug-likeness (QED) is 0.739. The van der Waals surface area contributed by atoms with Crippen LogP contribution in [0.5, 0.6) is 0 Å². The summed E-state index contributed by atoms with van der Waals surface area (Å²) in [5, 5.41) is 0. The summed E-state index contributed by atoms with van der Waals surface area (Å²) in [6.45, 7) is 0.594. The highest BCUT2D eigenvalue weighted by Crippen LogP contribution is 2.30. The number of hydrogen-bond acceptors (Lipinski definition) is 4. The number of halogens is 1. The lowest BCUT2D eigenvalue weighted by molar-refractivity contribution is -0.161. The molecule has 1 aromatic rings. The molecule has 4 rings (SSSR count). The minimum atomic E-state index is -4.06. The van der Waals surface area contributed by atoms with Crippen LogP contribution in [0.25, 0.3) is 0 Å². The number of nitrogens with zero attached hydrogens (tertiary/aromatic N) is 3. The molecule has 0 aromatic heterocycles. The van der Waals surface area contributed by atoms with Gasteiger partial charge in [-0.25, -0.2) is 12.8 Å². The maximum absolute atomic E-state index is 13.9. The summed E-state index contributed by atoms with van der Waals surface area (Å²) in [5.41, 5.74) is 0. The van der Waals surface area contributed by atoms with Crippen molar-refractivity contribution in [2.75, 3.05) is 26.2 Å². The second-order valence-corrected chi connectivity index (χ2v) is 8.44. The van der Waals surface area contributed by atoms with Crippen molar-refractivity contribution in [2.45, 2.75) is 29.8 Å². The smallest absolute Gasteiger partial charge is 0.247 e. The van der Waals surface area contributed by atoms with Gasteiger partial charge in [-0.15, -0.1) is 0 Å². The Morgan fingerprint density at radius 1 is 0.960 bits per heavy atom. The van der Waals surface area contributed by atoms with E-state index in [-0.39, 0.29) is 31.4 Å². The average molecular weight is 367 g/mol. The maximum atomic E-state index is 13.9. The van der Waals surface area contributed by atoms with Crippen molar-refractivity contribution in [3.05, 3.63) is 30.1 Å². The molecule has 0 unspecified atom stereocenters. The van der Waals surface area contributed by atoms with E-state index >= 15 is 0 Å². The van der Waals surface area contributed by atoms with Crippen molar-refractivity contribution in [3.63, 3.8) is 0 Å². The Morgan fingerprint density at radius 2 is 1.64 bits per heavy atom. The number of carbonyl (C=O) groups is 2. The molecule has 0 aliphatic carbocycles. The molecule has 0 bridgehead atoms. The van der Waals surface area contributed by atoms with Crippen LogP contribution in [0.4, 0.5) is 4.39 Å². The largest absolute Gasteiger partial charge is 0.329 e. The van der Waals surface area contributed by atoms with Crippen molar-refractivity contribution in [1.82, 2.24) is 14.1 Å². The predicted octanol–water partition coefficient (Wildman–Crippen LogP) is 0.0318. The zero-order chi connectivity index (χ0) is 17.8. The molecule has 2 atom stereocenters. The second kappa shape index (κ2) is 5.77. The van der Waals surface area contributed by atoms with Crippen molar-refractivity contribution in [3.8, 4) is 0 Å². The molecule has 3 fully saturated rings. The zero-order valence-electron chi connectivity index (χ0n) is 13.5. The van der Waals surface area contributed by atoms with E-state index in [4.69, 9.17) is 0 Å². The maximum Gasteiger partial charge on any atom is 0.247 e. The van der Waals surface area contributed by atoms with Gasteiger partial charge in [0, 0.05) is 26.2 Å². The van der Waals surface area contributed by atoms with Crippen LogP contribution >= 0.6 is 0 Å². The van der Waals surface area contributed by atoms with Crippen molar-refractivity contribution in [2.24, 2.45) is 0 Å². The number of benzene rings is 1. The van der Waals surface area contributed by atoms with E-state index in [0.717, 1.165) is 16.8 Å². The Kier molecular flexibility index (Phi) is 3.80. The molecule has 7 nitrogen and oxygen atoms in total. The Labute approximate surface area is 145 Å². The molecule has 134 valence electrons. The first-order chi connectivity index (χ1) is 11.9. The van der Waals surface area contributed by atoms with Gasteiger partial charge in [-0.05, 0) is 25.0 Å². The van der Waals surface area contributed by atoms with E-state index in [2.05, 4.69) is 0 Å². The van der Waals surface area contributed by atoms with Crippen molar-refractivity contribution in [1.29, 1.82) is 0 Å². The van der Waals surface area contributed by atoms with Crippen LogP contribution in [0.15, 0.2) is 29.2 Å². The fraction of sp³-hybridized carbons (Fsp3) is 0.500. The van der Waals surface area contributed by atoms with Crippen molar-refractivity contribution < 1.29 is 22.4 Å². The topological polar surface area (TPSA) is 78.0 Å². The number of fused-ring (bicyclic) bond motifs is 2. The standard InChI is InChI=1S/C16H18FN3O4S/c17-11-4-1-2-6-14(11)25(23,24)18-8-9-20-13(10-18)16(22)19-7-3-5-12(19)15(20)21/h1-2,4,6,12-13H,3,5,7-10H2/t12-,13+/m0/s1. The number of amides is 2. The van der Waals surface area contributed by atoms with Gasteiger partial charge >= 0.3 is 0 Å². The van der Waals surface area contributed by atoms with Gasteiger partial charge in [0.25, 0.3) is 0 Å². The Balaban J connectivity index is 1.63. The molecule has 0 spiro atoms. The predicted molar refractivity (Wildman–Crippen MR) is 85.4 cm³/mol. The lowest BCUT2D eigenvalue weighted by atomic mass is 10.0. The highest BCUT2D eigenvalue weighted by molar-refractivity contribution is 7.89. The molecule has 3 aliphatic rings. The summed E-state index contributed by atoms with van der Waals surface area (Å²) in [6.07, 6.45) is 1.44. The molecule has 0 N–H and O–H groups in total. The number of piperazine rings is 2. The second-order valence-electron chi connectivity index (χ2n) is 6.53. The molecule has 3 aliphatic heterocycles.